The second-order valence-corrected chi connectivity index (χ2v) is 7.89. The summed E-state index contributed by atoms with van der Waals surface area (Å²) in [6.07, 6.45) is 2.72. The number of ether oxygens (including phenoxy) is 2. The number of para-hydroxylation sites is 2. The number of urea groups is 1. The summed E-state index contributed by atoms with van der Waals surface area (Å²) in [4.78, 5) is 38.4. The predicted molar refractivity (Wildman–Crippen MR) is 100.0 cm³/mol. The first-order valence-electron chi connectivity index (χ1n) is 9.76. The lowest BCUT2D eigenvalue weighted by Crippen LogP contribution is -2.50. The summed E-state index contributed by atoms with van der Waals surface area (Å²) in [6.45, 7) is 2.42. The Hall–Kier alpha value is -2.77. The summed E-state index contributed by atoms with van der Waals surface area (Å²) in [6, 6.07) is 6.86. The fourth-order valence-corrected chi connectivity index (χ4v) is 4.00. The minimum absolute atomic E-state index is 0.236. The fourth-order valence-electron chi connectivity index (χ4n) is 4.00. The topological polar surface area (TPSA) is 97.0 Å². The van der Waals surface area contributed by atoms with Gasteiger partial charge in [0.25, 0.3) is 5.91 Å². The summed E-state index contributed by atoms with van der Waals surface area (Å²) in [7, 11) is 0. The van der Waals surface area contributed by atoms with E-state index in [2.05, 4.69) is 17.6 Å². The van der Waals surface area contributed by atoms with Crippen LogP contribution >= 0.6 is 0 Å². The minimum atomic E-state index is -0.825. The molecule has 28 heavy (non-hydrogen) atoms. The zero-order valence-electron chi connectivity index (χ0n) is 15.9. The molecule has 1 spiro atoms. The molecule has 1 aromatic rings. The van der Waals surface area contributed by atoms with Gasteiger partial charge in [0, 0.05) is 0 Å². The van der Waals surface area contributed by atoms with Crippen molar-refractivity contribution in [1.82, 2.24) is 15.5 Å². The maximum atomic E-state index is 12.8. The van der Waals surface area contributed by atoms with Crippen LogP contribution < -0.4 is 20.1 Å². The van der Waals surface area contributed by atoms with Crippen LogP contribution in [0.3, 0.4) is 0 Å². The van der Waals surface area contributed by atoms with Gasteiger partial charge in [-0.25, -0.2) is 4.79 Å². The number of nitrogens with one attached hydrogen (secondary N) is 2. The Morgan fingerprint density at radius 3 is 2.71 bits per heavy atom. The van der Waals surface area contributed by atoms with Crippen LogP contribution in [-0.4, -0.2) is 54.1 Å². The van der Waals surface area contributed by atoms with E-state index in [9.17, 15) is 14.4 Å². The first-order valence-corrected chi connectivity index (χ1v) is 9.76. The highest BCUT2D eigenvalue weighted by atomic mass is 16.6. The van der Waals surface area contributed by atoms with Crippen molar-refractivity contribution in [2.24, 2.45) is 5.92 Å². The smallest absolute Gasteiger partial charge is 0.325 e. The maximum absolute atomic E-state index is 12.8. The molecule has 0 bridgehead atoms. The molecule has 8 nitrogen and oxygen atoms in total. The Balaban J connectivity index is 1.29. The van der Waals surface area contributed by atoms with Crippen molar-refractivity contribution < 1.29 is 23.9 Å². The summed E-state index contributed by atoms with van der Waals surface area (Å²) < 4.78 is 11.4. The largest absolute Gasteiger partial charge is 0.486 e. The molecule has 1 saturated heterocycles. The van der Waals surface area contributed by atoms with E-state index in [1.165, 1.54) is 0 Å². The fraction of sp³-hybridized carbons (Fsp3) is 0.550. The van der Waals surface area contributed by atoms with Crippen molar-refractivity contribution in [2.75, 3.05) is 19.7 Å². The standard InChI is InChI=1S/C20H25N3O5/c1-13-6-8-20(9-7-13)18(25)23(19(26)22-20)11-17(24)21-10-14-12-27-15-4-2-3-5-16(15)28-14/h2-5,13-14H,6-12H2,1H3,(H,21,24)(H,22,26)/t13?,14-,20?/m0/s1. The number of nitrogens with zero attached hydrogens (tertiary/aromatic N) is 1. The lowest BCUT2D eigenvalue weighted by molar-refractivity contribution is -0.136. The van der Waals surface area contributed by atoms with Gasteiger partial charge in [0.15, 0.2) is 11.5 Å². The third kappa shape index (κ3) is 3.50. The molecule has 0 unspecified atom stereocenters. The van der Waals surface area contributed by atoms with Crippen molar-refractivity contribution in [3.8, 4) is 11.5 Å². The van der Waals surface area contributed by atoms with E-state index in [0.29, 0.717) is 36.9 Å². The predicted octanol–water partition coefficient (Wildman–Crippen LogP) is 1.44. The third-order valence-corrected chi connectivity index (χ3v) is 5.77. The van der Waals surface area contributed by atoms with Gasteiger partial charge in [0.1, 0.15) is 24.8 Å². The van der Waals surface area contributed by atoms with Crippen LogP contribution in [0.2, 0.25) is 0 Å². The lowest BCUT2D eigenvalue weighted by Gasteiger charge is -2.33. The minimum Gasteiger partial charge on any atom is -0.486 e. The Kier molecular flexibility index (Phi) is 4.87. The van der Waals surface area contributed by atoms with E-state index in [1.54, 1.807) is 6.07 Å². The number of rotatable bonds is 4. The monoisotopic (exact) mass is 387 g/mol. The molecule has 0 radical (unpaired) electrons. The lowest BCUT2D eigenvalue weighted by atomic mass is 9.77. The van der Waals surface area contributed by atoms with Gasteiger partial charge >= 0.3 is 6.03 Å². The van der Waals surface area contributed by atoms with E-state index < -0.39 is 17.5 Å². The number of hydrogen-bond acceptors (Lipinski definition) is 5. The number of carbonyl (C=O) groups excluding carboxylic acids is 3. The number of imide groups is 1. The van der Waals surface area contributed by atoms with Crippen LogP contribution in [0.25, 0.3) is 0 Å². The third-order valence-electron chi connectivity index (χ3n) is 5.77. The zero-order chi connectivity index (χ0) is 19.7. The summed E-state index contributed by atoms with van der Waals surface area (Å²) in [5, 5.41) is 5.56. The molecule has 2 fully saturated rings. The SMILES string of the molecule is CC1CCC2(CC1)NC(=O)N(CC(=O)NC[C@H]1COc3ccccc3O1)C2=O. The van der Waals surface area contributed by atoms with Crippen molar-refractivity contribution in [3.05, 3.63) is 24.3 Å². The van der Waals surface area contributed by atoms with Crippen molar-refractivity contribution in [1.29, 1.82) is 0 Å². The molecule has 2 aliphatic heterocycles. The molecule has 8 heteroatoms. The zero-order valence-corrected chi connectivity index (χ0v) is 15.9. The molecule has 150 valence electrons. The van der Waals surface area contributed by atoms with Gasteiger partial charge in [-0.3, -0.25) is 14.5 Å². The number of benzene rings is 1. The first-order chi connectivity index (χ1) is 13.5. The first kappa shape index (κ1) is 18.6. The highest BCUT2D eigenvalue weighted by Gasteiger charge is 2.52. The van der Waals surface area contributed by atoms with Crippen LogP contribution in [0.5, 0.6) is 11.5 Å². The average molecular weight is 387 g/mol. The van der Waals surface area contributed by atoms with Gasteiger partial charge in [-0.15, -0.1) is 0 Å². The highest BCUT2D eigenvalue weighted by molar-refractivity contribution is 6.09. The maximum Gasteiger partial charge on any atom is 0.325 e. The molecule has 4 amide bonds. The molecule has 0 aromatic heterocycles. The quantitative estimate of drug-likeness (QED) is 0.762. The Labute approximate surface area is 163 Å². The van der Waals surface area contributed by atoms with Gasteiger partial charge < -0.3 is 20.1 Å². The Morgan fingerprint density at radius 1 is 1.25 bits per heavy atom. The highest BCUT2D eigenvalue weighted by Crippen LogP contribution is 2.36. The van der Waals surface area contributed by atoms with E-state index in [-0.39, 0.29) is 25.1 Å². The van der Waals surface area contributed by atoms with Crippen molar-refractivity contribution in [3.63, 3.8) is 0 Å². The normalized spacial score (nSPS) is 29.0. The summed E-state index contributed by atoms with van der Waals surface area (Å²) in [5.74, 6) is 1.18. The molecule has 4 rings (SSSR count). The van der Waals surface area contributed by atoms with Crippen LogP contribution in [0, 0.1) is 5.92 Å². The van der Waals surface area contributed by atoms with E-state index in [1.807, 2.05) is 18.2 Å². The second kappa shape index (κ2) is 7.33. The molecule has 2 heterocycles. The van der Waals surface area contributed by atoms with Crippen molar-refractivity contribution in [2.45, 2.75) is 44.2 Å². The van der Waals surface area contributed by atoms with Crippen LogP contribution in [0.4, 0.5) is 4.79 Å². The van der Waals surface area contributed by atoms with E-state index >= 15 is 0 Å². The second-order valence-electron chi connectivity index (χ2n) is 7.89. The molecular weight excluding hydrogens is 362 g/mol. The van der Waals surface area contributed by atoms with Gasteiger partial charge in [-0.1, -0.05) is 19.1 Å². The number of amides is 4. The number of fused-ring (bicyclic) bond motifs is 1. The average Bonchev–Trinajstić information content (AvgIpc) is 2.93. The van der Waals surface area contributed by atoms with Gasteiger partial charge in [0.05, 0.1) is 6.54 Å². The van der Waals surface area contributed by atoms with Gasteiger partial charge in [-0.05, 0) is 43.7 Å². The molecule has 1 aliphatic carbocycles. The molecule has 1 saturated carbocycles. The van der Waals surface area contributed by atoms with Crippen molar-refractivity contribution >= 4 is 17.8 Å². The van der Waals surface area contributed by atoms with E-state index in [4.69, 9.17) is 9.47 Å². The molecule has 1 atom stereocenters. The molecular formula is C20H25N3O5. The van der Waals surface area contributed by atoms with Crippen LogP contribution in [0.1, 0.15) is 32.6 Å². The summed E-state index contributed by atoms with van der Waals surface area (Å²) >= 11 is 0. The molecule has 2 N–H and O–H groups in total. The molecule has 1 aromatic carbocycles. The number of carbonyl (C=O) groups is 3. The summed E-state index contributed by atoms with van der Waals surface area (Å²) in [5.41, 5.74) is -0.825. The Bertz CT molecular complexity index is 788. The van der Waals surface area contributed by atoms with Crippen LogP contribution in [-0.2, 0) is 9.59 Å². The number of hydrogen-bond donors (Lipinski definition) is 2. The van der Waals surface area contributed by atoms with Crippen LogP contribution in [0.15, 0.2) is 24.3 Å². The van der Waals surface area contributed by atoms with E-state index in [0.717, 1.165) is 17.7 Å². The Morgan fingerprint density at radius 2 is 1.96 bits per heavy atom. The molecule has 3 aliphatic rings. The van der Waals surface area contributed by atoms with Gasteiger partial charge in [0.2, 0.25) is 5.91 Å². The van der Waals surface area contributed by atoms with Gasteiger partial charge in [-0.2, -0.15) is 0 Å².